The monoisotopic (exact) mass is 476 g/mol. The van der Waals surface area contributed by atoms with Gasteiger partial charge in [0.05, 0.1) is 29.7 Å². The Morgan fingerprint density at radius 3 is 2.43 bits per heavy atom. The lowest BCUT2D eigenvalue weighted by Gasteiger charge is -2.39. The summed E-state index contributed by atoms with van der Waals surface area (Å²) in [5.74, 6) is 0.946. The van der Waals surface area contributed by atoms with Crippen LogP contribution in [0.1, 0.15) is 49.2 Å². The van der Waals surface area contributed by atoms with E-state index in [2.05, 4.69) is 28.7 Å². The van der Waals surface area contributed by atoms with Gasteiger partial charge in [0.2, 0.25) is 0 Å². The first-order valence-corrected chi connectivity index (χ1v) is 12.2. The van der Waals surface area contributed by atoms with Gasteiger partial charge in [0, 0.05) is 43.4 Å². The third kappa shape index (κ3) is 5.84. The van der Waals surface area contributed by atoms with Gasteiger partial charge < -0.3 is 14.4 Å². The zero-order valence-corrected chi connectivity index (χ0v) is 21.0. The largest absolute Gasteiger partial charge is 0.490 e. The van der Waals surface area contributed by atoms with Gasteiger partial charge in [-0.3, -0.25) is 4.98 Å². The maximum Gasteiger partial charge on any atom is 0.163 e. The summed E-state index contributed by atoms with van der Waals surface area (Å²) in [4.78, 5) is 27.8. The summed E-state index contributed by atoms with van der Waals surface area (Å²) in [6, 6.07) is 6.42. The third-order valence-corrected chi connectivity index (χ3v) is 6.82. The van der Waals surface area contributed by atoms with Crippen LogP contribution in [0.25, 0.3) is 11.4 Å². The molecule has 35 heavy (non-hydrogen) atoms. The highest BCUT2D eigenvalue weighted by Gasteiger charge is 2.29. The van der Waals surface area contributed by atoms with Crippen molar-refractivity contribution in [1.82, 2.24) is 15.0 Å². The van der Waals surface area contributed by atoms with Crippen LogP contribution in [0.15, 0.2) is 36.7 Å². The number of ether oxygens (including phenoxy) is 1. The third-order valence-electron chi connectivity index (χ3n) is 6.82. The van der Waals surface area contributed by atoms with Crippen molar-refractivity contribution in [3.05, 3.63) is 65.0 Å². The summed E-state index contributed by atoms with van der Waals surface area (Å²) in [6.45, 7) is 10.7. The minimum Gasteiger partial charge on any atom is -0.490 e. The van der Waals surface area contributed by atoms with Gasteiger partial charge in [0.1, 0.15) is 12.1 Å². The molecule has 3 heterocycles. The molecule has 1 fully saturated rings. The second-order valence-corrected chi connectivity index (χ2v) is 9.97. The van der Waals surface area contributed by atoms with Gasteiger partial charge in [-0.25, -0.2) is 14.4 Å². The molecular weight excluding hydrogens is 443 g/mol. The topological polar surface area (TPSA) is 68.2 Å². The Hall–Kier alpha value is -3.35. The molecule has 0 radical (unpaired) electrons. The molecule has 7 heteroatoms. The number of aldehydes is 1. The Kier molecular flexibility index (Phi) is 7.43. The first kappa shape index (κ1) is 24.8. The number of rotatable bonds is 8. The molecule has 0 saturated carbocycles. The summed E-state index contributed by atoms with van der Waals surface area (Å²) >= 11 is 0. The summed E-state index contributed by atoms with van der Waals surface area (Å²) in [5, 5.41) is 0. The highest BCUT2D eigenvalue weighted by Crippen LogP contribution is 2.39. The van der Waals surface area contributed by atoms with Gasteiger partial charge >= 0.3 is 0 Å². The van der Waals surface area contributed by atoms with Crippen LogP contribution in [0.3, 0.4) is 0 Å². The predicted molar refractivity (Wildman–Crippen MR) is 135 cm³/mol. The zero-order valence-electron chi connectivity index (χ0n) is 21.0. The molecular formula is C28H33FN4O2. The van der Waals surface area contributed by atoms with Gasteiger partial charge in [-0.1, -0.05) is 26.0 Å². The Labute approximate surface area is 206 Å². The van der Waals surface area contributed by atoms with E-state index >= 15 is 0 Å². The van der Waals surface area contributed by atoms with Gasteiger partial charge in [-0.05, 0) is 49.8 Å². The van der Waals surface area contributed by atoms with Crippen LogP contribution in [0.4, 0.5) is 10.1 Å². The first-order chi connectivity index (χ1) is 16.8. The van der Waals surface area contributed by atoms with Crippen LogP contribution < -0.4 is 9.64 Å². The van der Waals surface area contributed by atoms with Crippen LogP contribution >= 0.6 is 0 Å². The fraction of sp³-hybridized carbons (Fsp3) is 0.429. The molecule has 0 amide bonds. The molecule has 1 saturated heterocycles. The second-order valence-electron chi connectivity index (χ2n) is 9.97. The molecule has 3 aromatic rings. The molecule has 6 nitrogen and oxygen atoms in total. The lowest BCUT2D eigenvalue weighted by Crippen LogP contribution is -2.38. The van der Waals surface area contributed by atoms with Gasteiger partial charge in [-0.2, -0.15) is 0 Å². The Morgan fingerprint density at radius 2 is 1.77 bits per heavy atom. The summed E-state index contributed by atoms with van der Waals surface area (Å²) in [5.41, 5.74) is 5.71. The van der Waals surface area contributed by atoms with Crippen molar-refractivity contribution >= 4 is 12.0 Å². The number of pyridine rings is 1. The minimum atomic E-state index is -0.246. The summed E-state index contributed by atoms with van der Waals surface area (Å²) in [6.07, 6.45) is 7.59. The first-order valence-electron chi connectivity index (χ1n) is 12.2. The quantitative estimate of drug-likeness (QED) is 0.412. The average molecular weight is 477 g/mol. The van der Waals surface area contributed by atoms with E-state index in [-0.39, 0.29) is 5.82 Å². The maximum absolute atomic E-state index is 13.1. The summed E-state index contributed by atoms with van der Waals surface area (Å²) in [7, 11) is 0. The molecule has 0 N–H and O–H groups in total. The molecule has 0 atom stereocenters. The summed E-state index contributed by atoms with van der Waals surface area (Å²) < 4.78 is 19.0. The SMILES string of the molecule is Cc1nc(-c2cnc(C)c(CC=O)c2N2CCC(C)(C)CC2)ncc1OCCc1ccc(F)cc1. The molecule has 0 unspecified atom stereocenters. The highest BCUT2D eigenvalue weighted by molar-refractivity contribution is 5.80. The fourth-order valence-electron chi connectivity index (χ4n) is 4.48. The van der Waals surface area contributed by atoms with E-state index in [0.717, 1.165) is 66.0 Å². The van der Waals surface area contributed by atoms with Gasteiger partial charge in [-0.15, -0.1) is 0 Å². The number of piperidine rings is 1. The highest BCUT2D eigenvalue weighted by atomic mass is 19.1. The lowest BCUT2D eigenvalue weighted by atomic mass is 9.82. The molecule has 1 aliphatic rings. The van der Waals surface area contributed by atoms with Crippen LogP contribution in [-0.2, 0) is 17.6 Å². The van der Waals surface area contributed by atoms with Crippen molar-refractivity contribution in [2.75, 3.05) is 24.6 Å². The van der Waals surface area contributed by atoms with E-state index < -0.39 is 0 Å². The van der Waals surface area contributed by atoms with Crippen LogP contribution in [0, 0.1) is 25.1 Å². The number of halogens is 1. The normalized spacial score (nSPS) is 15.2. The van der Waals surface area contributed by atoms with Crippen LogP contribution in [0.2, 0.25) is 0 Å². The lowest BCUT2D eigenvalue weighted by molar-refractivity contribution is -0.107. The molecule has 184 valence electrons. The molecule has 1 aliphatic heterocycles. The number of hydrogen-bond donors (Lipinski definition) is 0. The average Bonchev–Trinajstić information content (AvgIpc) is 2.83. The van der Waals surface area contributed by atoms with Crippen molar-refractivity contribution in [1.29, 1.82) is 0 Å². The molecule has 0 aliphatic carbocycles. The zero-order chi connectivity index (χ0) is 25.0. The number of benzene rings is 1. The van der Waals surface area contributed by atoms with E-state index in [1.807, 2.05) is 20.0 Å². The number of aromatic nitrogens is 3. The van der Waals surface area contributed by atoms with Gasteiger partial charge in [0.15, 0.2) is 11.6 Å². The fourth-order valence-corrected chi connectivity index (χ4v) is 4.48. The van der Waals surface area contributed by atoms with E-state index in [4.69, 9.17) is 9.72 Å². The minimum absolute atomic E-state index is 0.246. The molecule has 4 rings (SSSR count). The molecule has 0 bridgehead atoms. The molecule has 2 aromatic heterocycles. The van der Waals surface area contributed by atoms with Crippen molar-refractivity contribution < 1.29 is 13.9 Å². The maximum atomic E-state index is 13.1. The standard InChI is InChI=1S/C28H33FN4O2/c1-19-23(9-15-34)26(33-13-11-28(3,4)12-14-33)24(17-30-19)27-31-18-25(20(2)32-27)35-16-10-21-5-7-22(29)8-6-21/h5-8,15,17-18H,9-14,16H2,1-4H3. The van der Waals surface area contributed by atoms with E-state index in [0.29, 0.717) is 36.4 Å². The van der Waals surface area contributed by atoms with E-state index in [1.165, 1.54) is 12.1 Å². The van der Waals surface area contributed by atoms with Crippen molar-refractivity contribution in [3.8, 4) is 17.1 Å². The Bertz CT molecular complexity index is 1180. The van der Waals surface area contributed by atoms with Crippen molar-refractivity contribution in [2.24, 2.45) is 5.41 Å². The molecule has 1 aromatic carbocycles. The number of carbonyl (C=O) groups is 1. The smallest absolute Gasteiger partial charge is 0.163 e. The van der Waals surface area contributed by atoms with E-state index in [1.54, 1.807) is 18.3 Å². The van der Waals surface area contributed by atoms with Gasteiger partial charge in [0.25, 0.3) is 0 Å². The number of anilines is 1. The number of nitrogens with zero attached hydrogens (tertiary/aromatic N) is 4. The van der Waals surface area contributed by atoms with Crippen molar-refractivity contribution in [3.63, 3.8) is 0 Å². The van der Waals surface area contributed by atoms with Crippen molar-refractivity contribution in [2.45, 2.75) is 53.4 Å². The number of carbonyl (C=O) groups excluding carboxylic acids is 1. The second kappa shape index (κ2) is 10.5. The Balaban J connectivity index is 1.59. The number of aryl methyl sites for hydroxylation is 2. The predicted octanol–water partition coefficient (Wildman–Crippen LogP) is 5.28. The van der Waals surface area contributed by atoms with Crippen LogP contribution in [0.5, 0.6) is 5.75 Å². The molecule has 0 spiro atoms. The number of hydrogen-bond acceptors (Lipinski definition) is 6. The Morgan fingerprint density at radius 1 is 1.06 bits per heavy atom. The van der Waals surface area contributed by atoms with E-state index in [9.17, 15) is 9.18 Å². The van der Waals surface area contributed by atoms with Crippen LogP contribution in [-0.4, -0.2) is 40.9 Å².